The molecule has 0 aliphatic carbocycles. The summed E-state index contributed by atoms with van der Waals surface area (Å²) < 4.78 is 6.53. The highest BCUT2D eigenvalue weighted by atomic mass is 16.5. The Balaban J connectivity index is 2.31. The summed E-state index contributed by atoms with van der Waals surface area (Å²) in [4.78, 5) is 14.6. The van der Waals surface area contributed by atoms with Crippen LogP contribution >= 0.6 is 0 Å². The van der Waals surface area contributed by atoms with Crippen molar-refractivity contribution in [1.82, 2.24) is 9.55 Å². The molecule has 0 bridgehead atoms. The monoisotopic (exact) mass is 227 g/mol. The Bertz CT molecular complexity index is 405. The third-order valence-electron chi connectivity index (χ3n) is 2.75. The third-order valence-corrected chi connectivity index (χ3v) is 2.75. The summed E-state index contributed by atoms with van der Waals surface area (Å²) in [6, 6.07) is 0. The van der Waals surface area contributed by atoms with Gasteiger partial charge in [0.25, 0.3) is 5.91 Å². The van der Waals surface area contributed by atoms with Crippen molar-refractivity contribution in [3.63, 3.8) is 0 Å². The SMILES string of the molecule is NC(=O)c1cn([C@@]2(O)CCO[C@@H]2CO)cn1. The van der Waals surface area contributed by atoms with Gasteiger partial charge < -0.3 is 25.3 Å². The van der Waals surface area contributed by atoms with Gasteiger partial charge in [0.05, 0.1) is 19.5 Å². The van der Waals surface area contributed by atoms with Gasteiger partial charge in [-0.1, -0.05) is 0 Å². The van der Waals surface area contributed by atoms with E-state index in [0.717, 1.165) is 0 Å². The molecule has 1 aromatic rings. The van der Waals surface area contributed by atoms with E-state index in [-0.39, 0.29) is 12.3 Å². The second kappa shape index (κ2) is 3.85. The van der Waals surface area contributed by atoms with E-state index in [2.05, 4.69) is 4.98 Å². The van der Waals surface area contributed by atoms with E-state index in [4.69, 9.17) is 15.6 Å². The lowest BCUT2D eigenvalue weighted by molar-refractivity contribution is -0.113. The Labute approximate surface area is 91.5 Å². The first kappa shape index (κ1) is 11.1. The lowest BCUT2D eigenvalue weighted by Crippen LogP contribution is -2.42. The molecule has 1 fully saturated rings. The number of hydrogen-bond acceptors (Lipinski definition) is 5. The fourth-order valence-electron chi connectivity index (χ4n) is 1.80. The molecule has 0 radical (unpaired) electrons. The Morgan fingerprint density at radius 2 is 2.56 bits per heavy atom. The first-order chi connectivity index (χ1) is 7.58. The zero-order valence-corrected chi connectivity index (χ0v) is 8.54. The molecule has 1 amide bonds. The molecular formula is C9H13N3O4. The fraction of sp³-hybridized carbons (Fsp3) is 0.556. The zero-order chi connectivity index (χ0) is 11.8. The topological polar surface area (TPSA) is 111 Å². The molecule has 88 valence electrons. The standard InChI is InChI=1S/C9H13N3O4/c10-8(14)6-3-12(5-11-6)9(15)1-2-16-7(9)4-13/h3,5,7,13,15H,1-2,4H2,(H2,10,14)/t7-,9-/m1/s1. The number of aromatic nitrogens is 2. The normalized spacial score (nSPS) is 29.5. The summed E-state index contributed by atoms with van der Waals surface area (Å²) in [5, 5.41) is 19.4. The van der Waals surface area contributed by atoms with E-state index in [1.165, 1.54) is 17.1 Å². The predicted molar refractivity (Wildman–Crippen MR) is 52.4 cm³/mol. The lowest BCUT2D eigenvalue weighted by atomic mass is 10.1. The zero-order valence-electron chi connectivity index (χ0n) is 8.54. The van der Waals surface area contributed by atoms with Gasteiger partial charge in [0.2, 0.25) is 0 Å². The number of imidazole rings is 1. The Morgan fingerprint density at radius 3 is 3.12 bits per heavy atom. The number of aliphatic hydroxyl groups excluding tert-OH is 1. The summed E-state index contributed by atoms with van der Waals surface area (Å²) in [5.74, 6) is -0.665. The molecule has 2 heterocycles. The van der Waals surface area contributed by atoms with E-state index >= 15 is 0 Å². The first-order valence-electron chi connectivity index (χ1n) is 4.87. The Morgan fingerprint density at radius 1 is 1.81 bits per heavy atom. The summed E-state index contributed by atoms with van der Waals surface area (Å²) in [7, 11) is 0. The molecule has 0 unspecified atom stereocenters. The van der Waals surface area contributed by atoms with Gasteiger partial charge in [-0.15, -0.1) is 0 Å². The molecule has 16 heavy (non-hydrogen) atoms. The number of rotatable bonds is 3. The van der Waals surface area contributed by atoms with Crippen LogP contribution in [0.25, 0.3) is 0 Å². The van der Waals surface area contributed by atoms with Crippen molar-refractivity contribution in [3.05, 3.63) is 18.2 Å². The van der Waals surface area contributed by atoms with Crippen molar-refractivity contribution in [1.29, 1.82) is 0 Å². The van der Waals surface area contributed by atoms with E-state index in [1.807, 2.05) is 0 Å². The molecule has 0 aromatic carbocycles. The fourth-order valence-corrected chi connectivity index (χ4v) is 1.80. The molecule has 0 saturated carbocycles. The number of nitrogens with zero attached hydrogens (tertiary/aromatic N) is 2. The highest BCUT2D eigenvalue weighted by Gasteiger charge is 2.44. The predicted octanol–water partition coefficient (Wildman–Crippen LogP) is -1.59. The Hall–Kier alpha value is -1.44. The number of carbonyl (C=O) groups excluding carboxylic acids is 1. The maximum atomic E-state index is 10.9. The van der Waals surface area contributed by atoms with Crippen molar-refractivity contribution in [2.24, 2.45) is 5.73 Å². The molecule has 1 aliphatic heterocycles. The van der Waals surface area contributed by atoms with Crippen molar-refractivity contribution < 1.29 is 19.7 Å². The van der Waals surface area contributed by atoms with Crippen LogP contribution in [0.15, 0.2) is 12.5 Å². The summed E-state index contributed by atoms with van der Waals surface area (Å²) in [5.41, 5.74) is 3.76. The Kier molecular flexibility index (Phi) is 2.66. The van der Waals surface area contributed by atoms with Gasteiger partial charge >= 0.3 is 0 Å². The van der Waals surface area contributed by atoms with Crippen LogP contribution in [-0.4, -0.2) is 45.0 Å². The van der Waals surface area contributed by atoms with Crippen LogP contribution in [0, 0.1) is 0 Å². The number of carbonyl (C=O) groups is 1. The van der Waals surface area contributed by atoms with Crippen LogP contribution < -0.4 is 5.73 Å². The minimum Gasteiger partial charge on any atom is -0.393 e. The van der Waals surface area contributed by atoms with Gasteiger partial charge in [-0.05, 0) is 0 Å². The molecule has 1 aliphatic rings. The molecule has 1 saturated heterocycles. The van der Waals surface area contributed by atoms with Crippen LogP contribution in [-0.2, 0) is 10.5 Å². The number of primary amides is 1. The van der Waals surface area contributed by atoms with Crippen molar-refractivity contribution >= 4 is 5.91 Å². The van der Waals surface area contributed by atoms with Crippen LogP contribution in [0.2, 0.25) is 0 Å². The largest absolute Gasteiger partial charge is 0.393 e. The molecule has 2 rings (SSSR count). The molecule has 7 heteroatoms. The third kappa shape index (κ3) is 1.58. The van der Waals surface area contributed by atoms with Gasteiger partial charge in [-0.25, -0.2) is 4.98 Å². The van der Waals surface area contributed by atoms with Crippen molar-refractivity contribution in [2.75, 3.05) is 13.2 Å². The molecule has 7 nitrogen and oxygen atoms in total. The van der Waals surface area contributed by atoms with E-state index in [1.54, 1.807) is 0 Å². The van der Waals surface area contributed by atoms with E-state index in [9.17, 15) is 9.90 Å². The average Bonchev–Trinajstić information content (AvgIpc) is 2.83. The second-order valence-corrected chi connectivity index (χ2v) is 3.70. The first-order valence-corrected chi connectivity index (χ1v) is 4.87. The van der Waals surface area contributed by atoms with Crippen LogP contribution in [0.1, 0.15) is 16.9 Å². The minimum absolute atomic E-state index is 0.0667. The van der Waals surface area contributed by atoms with Gasteiger partial charge in [0.1, 0.15) is 11.8 Å². The summed E-state index contributed by atoms with van der Waals surface area (Å²) in [6.45, 7) is 0.0341. The van der Waals surface area contributed by atoms with Gasteiger partial charge in [0.15, 0.2) is 5.72 Å². The number of hydrogen-bond donors (Lipinski definition) is 3. The highest BCUT2D eigenvalue weighted by Crippen LogP contribution is 2.30. The lowest BCUT2D eigenvalue weighted by Gasteiger charge is -2.28. The molecule has 2 atom stereocenters. The highest BCUT2D eigenvalue weighted by molar-refractivity contribution is 5.90. The number of aliphatic hydroxyl groups is 2. The molecule has 4 N–H and O–H groups in total. The van der Waals surface area contributed by atoms with Crippen molar-refractivity contribution in [3.8, 4) is 0 Å². The van der Waals surface area contributed by atoms with Gasteiger partial charge in [-0.2, -0.15) is 0 Å². The van der Waals surface area contributed by atoms with Gasteiger partial charge in [-0.3, -0.25) is 4.79 Å². The van der Waals surface area contributed by atoms with E-state index < -0.39 is 17.7 Å². The summed E-state index contributed by atoms with van der Waals surface area (Å²) >= 11 is 0. The van der Waals surface area contributed by atoms with Crippen LogP contribution in [0.4, 0.5) is 0 Å². The average molecular weight is 227 g/mol. The smallest absolute Gasteiger partial charge is 0.268 e. The van der Waals surface area contributed by atoms with Crippen LogP contribution in [0.3, 0.4) is 0 Å². The van der Waals surface area contributed by atoms with E-state index in [0.29, 0.717) is 13.0 Å². The molecule has 1 aromatic heterocycles. The number of ether oxygens (including phenoxy) is 1. The number of nitrogens with two attached hydrogens (primary N) is 1. The van der Waals surface area contributed by atoms with Crippen LogP contribution in [0.5, 0.6) is 0 Å². The maximum Gasteiger partial charge on any atom is 0.268 e. The quantitative estimate of drug-likeness (QED) is 0.576. The molecular weight excluding hydrogens is 214 g/mol. The summed E-state index contributed by atoms with van der Waals surface area (Å²) in [6.07, 6.45) is 2.26. The second-order valence-electron chi connectivity index (χ2n) is 3.70. The minimum atomic E-state index is -1.37. The van der Waals surface area contributed by atoms with Crippen molar-refractivity contribution in [2.45, 2.75) is 18.2 Å². The molecule has 0 spiro atoms. The van der Waals surface area contributed by atoms with Gasteiger partial charge in [0, 0.05) is 12.6 Å². The number of amides is 1. The maximum absolute atomic E-state index is 10.9.